The highest BCUT2D eigenvalue weighted by atomic mass is 19.4. The third kappa shape index (κ3) is 3.89. The molecule has 0 aliphatic carbocycles. The fraction of sp³-hybridized carbons (Fsp3) is 0.600. The first-order valence-corrected chi connectivity index (χ1v) is 7.06. The Balaban J connectivity index is 2.18. The molecule has 1 atom stereocenters. The van der Waals surface area contributed by atoms with E-state index in [1.165, 1.54) is 18.2 Å². The number of likely N-dealkylation sites (tertiary alicyclic amines) is 1. The molecule has 1 saturated heterocycles. The second-order valence-corrected chi connectivity index (χ2v) is 5.95. The molecule has 2 rings (SSSR count). The van der Waals surface area contributed by atoms with E-state index in [0.29, 0.717) is 5.56 Å². The van der Waals surface area contributed by atoms with E-state index in [4.69, 9.17) is 5.73 Å². The van der Waals surface area contributed by atoms with E-state index in [0.717, 1.165) is 25.9 Å². The lowest BCUT2D eigenvalue weighted by Gasteiger charge is -2.40. The molecule has 0 spiro atoms. The number of rotatable bonds is 4. The zero-order valence-electron chi connectivity index (χ0n) is 12.3. The Labute approximate surface area is 122 Å². The molecule has 1 aromatic carbocycles. The molecule has 1 heterocycles. The van der Waals surface area contributed by atoms with Crippen molar-refractivity contribution in [2.24, 2.45) is 5.73 Å². The van der Waals surface area contributed by atoms with Gasteiger partial charge in [0.15, 0.2) is 0 Å². The van der Waals surface area contributed by atoms with E-state index < -0.39 is 6.36 Å². The fourth-order valence-electron chi connectivity index (χ4n) is 2.80. The van der Waals surface area contributed by atoms with Gasteiger partial charge in [-0.2, -0.15) is 0 Å². The van der Waals surface area contributed by atoms with Gasteiger partial charge in [-0.1, -0.05) is 12.1 Å². The van der Waals surface area contributed by atoms with Crippen molar-refractivity contribution in [1.82, 2.24) is 4.90 Å². The van der Waals surface area contributed by atoms with Gasteiger partial charge in [0.1, 0.15) is 5.75 Å². The van der Waals surface area contributed by atoms with Crippen molar-refractivity contribution in [2.45, 2.75) is 44.6 Å². The van der Waals surface area contributed by atoms with Gasteiger partial charge in [0.2, 0.25) is 0 Å². The predicted octanol–water partition coefficient (Wildman–Crippen LogP) is 3.46. The molecule has 0 amide bonds. The lowest BCUT2D eigenvalue weighted by atomic mass is 9.88. The monoisotopic (exact) mass is 302 g/mol. The third-order valence-corrected chi connectivity index (χ3v) is 4.13. The SMILES string of the molecule is CC(C)(C(N)c1cccc(OC(F)(F)F)c1)N1CCCC1. The van der Waals surface area contributed by atoms with Gasteiger partial charge in [0.05, 0.1) is 0 Å². The van der Waals surface area contributed by atoms with Crippen LogP contribution in [0.2, 0.25) is 0 Å². The largest absolute Gasteiger partial charge is 0.573 e. The summed E-state index contributed by atoms with van der Waals surface area (Å²) in [4.78, 5) is 2.29. The van der Waals surface area contributed by atoms with Gasteiger partial charge < -0.3 is 10.5 Å². The van der Waals surface area contributed by atoms with Crippen molar-refractivity contribution in [3.63, 3.8) is 0 Å². The zero-order valence-corrected chi connectivity index (χ0v) is 12.3. The Hall–Kier alpha value is -1.27. The van der Waals surface area contributed by atoms with Crippen LogP contribution >= 0.6 is 0 Å². The van der Waals surface area contributed by atoms with Crippen LogP contribution in [0.3, 0.4) is 0 Å². The van der Waals surface area contributed by atoms with E-state index in [2.05, 4.69) is 9.64 Å². The second kappa shape index (κ2) is 5.85. The van der Waals surface area contributed by atoms with Gasteiger partial charge in [-0.15, -0.1) is 13.2 Å². The summed E-state index contributed by atoms with van der Waals surface area (Å²) in [5.74, 6) is -0.229. The van der Waals surface area contributed by atoms with Crippen LogP contribution in [0.1, 0.15) is 38.3 Å². The lowest BCUT2D eigenvalue weighted by Crippen LogP contribution is -2.49. The highest BCUT2D eigenvalue weighted by Crippen LogP contribution is 2.33. The molecule has 6 heteroatoms. The second-order valence-electron chi connectivity index (χ2n) is 5.95. The number of benzene rings is 1. The van der Waals surface area contributed by atoms with E-state index in [9.17, 15) is 13.2 Å². The minimum atomic E-state index is -4.69. The molecular weight excluding hydrogens is 281 g/mol. The summed E-state index contributed by atoms with van der Waals surface area (Å²) in [5, 5.41) is 0. The highest BCUT2D eigenvalue weighted by molar-refractivity contribution is 5.32. The van der Waals surface area contributed by atoms with Gasteiger partial charge in [0, 0.05) is 11.6 Å². The van der Waals surface area contributed by atoms with E-state index in [-0.39, 0.29) is 17.3 Å². The summed E-state index contributed by atoms with van der Waals surface area (Å²) >= 11 is 0. The molecule has 1 unspecified atom stereocenters. The van der Waals surface area contributed by atoms with Crippen LogP contribution in [0.15, 0.2) is 24.3 Å². The average molecular weight is 302 g/mol. The summed E-state index contributed by atoms with van der Waals surface area (Å²) in [7, 11) is 0. The van der Waals surface area contributed by atoms with Gasteiger partial charge in [-0.25, -0.2) is 0 Å². The number of nitrogens with zero attached hydrogens (tertiary/aromatic N) is 1. The summed E-state index contributed by atoms with van der Waals surface area (Å²) in [5.41, 5.74) is 6.64. The molecule has 2 N–H and O–H groups in total. The van der Waals surface area contributed by atoms with Gasteiger partial charge in [-0.3, -0.25) is 4.90 Å². The first kappa shape index (κ1) is 16.1. The minimum Gasteiger partial charge on any atom is -0.406 e. The number of nitrogens with two attached hydrogens (primary N) is 1. The first-order chi connectivity index (χ1) is 9.70. The van der Waals surface area contributed by atoms with Crippen LogP contribution in [-0.4, -0.2) is 29.9 Å². The smallest absolute Gasteiger partial charge is 0.406 e. The maximum atomic E-state index is 12.3. The van der Waals surface area contributed by atoms with E-state index in [1.807, 2.05) is 13.8 Å². The molecular formula is C15H21F3N2O. The lowest BCUT2D eigenvalue weighted by molar-refractivity contribution is -0.274. The number of alkyl halides is 3. The first-order valence-electron chi connectivity index (χ1n) is 7.06. The van der Waals surface area contributed by atoms with Crippen molar-refractivity contribution in [1.29, 1.82) is 0 Å². The molecule has 3 nitrogen and oxygen atoms in total. The molecule has 1 aromatic rings. The third-order valence-electron chi connectivity index (χ3n) is 4.13. The number of ether oxygens (including phenoxy) is 1. The van der Waals surface area contributed by atoms with Crippen LogP contribution in [-0.2, 0) is 0 Å². The van der Waals surface area contributed by atoms with Crippen molar-refractivity contribution >= 4 is 0 Å². The Kier molecular flexibility index (Phi) is 4.49. The van der Waals surface area contributed by atoms with Crippen molar-refractivity contribution in [3.8, 4) is 5.75 Å². The van der Waals surface area contributed by atoms with Crippen LogP contribution in [0.5, 0.6) is 5.75 Å². The minimum absolute atomic E-state index is 0.229. The fourth-order valence-corrected chi connectivity index (χ4v) is 2.80. The average Bonchev–Trinajstić information content (AvgIpc) is 2.90. The predicted molar refractivity (Wildman–Crippen MR) is 74.9 cm³/mol. The zero-order chi connectivity index (χ0) is 15.7. The summed E-state index contributed by atoms with van der Waals surface area (Å²) < 4.78 is 40.8. The topological polar surface area (TPSA) is 38.5 Å². The molecule has 118 valence electrons. The Bertz CT molecular complexity index is 482. The maximum absolute atomic E-state index is 12.3. The Morgan fingerprint density at radius 2 is 1.81 bits per heavy atom. The molecule has 1 aliphatic heterocycles. The van der Waals surface area contributed by atoms with E-state index in [1.54, 1.807) is 6.07 Å². The quantitative estimate of drug-likeness (QED) is 0.925. The molecule has 1 aliphatic rings. The highest BCUT2D eigenvalue weighted by Gasteiger charge is 2.36. The standard InChI is InChI=1S/C15H21F3N2O/c1-14(2,20-8-3-4-9-20)13(19)11-6-5-7-12(10-11)21-15(16,17)18/h5-7,10,13H,3-4,8-9,19H2,1-2H3. The Morgan fingerprint density at radius 3 is 2.38 bits per heavy atom. The van der Waals surface area contributed by atoms with Crippen molar-refractivity contribution < 1.29 is 17.9 Å². The maximum Gasteiger partial charge on any atom is 0.573 e. The van der Waals surface area contributed by atoms with Gasteiger partial charge >= 0.3 is 6.36 Å². The normalized spacial score (nSPS) is 18.8. The van der Waals surface area contributed by atoms with Crippen LogP contribution in [0, 0.1) is 0 Å². The van der Waals surface area contributed by atoms with Gasteiger partial charge in [0.25, 0.3) is 0 Å². The molecule has 0 aromatic heterocycles. The van der Waals surface area contributed by atoms with Crippen LogP contribution in [0.4, 0.5) is 13.2 Å². The van der Waals surface area contributed by atoms with Crippen molar-refractivity contribution in [2.75, 3.05) is 13.1 Å². The molecule has 0 radical (unpaired) electrons. The Morgan fingerprint density at radius 1 is 1.19 bits per heavy atom. The molecule has 1 fully saturated rings. The molecule has 0 bridgehead atoms. The summed E-state index contributed by atoms with van der Waals surface area (Å²) in [6.07, 6.45) is -2.42. The number of halogens is 3. The van der Waals surface area contributed by atoms with Crippen LogP contribution in [0.25, 0.3) is 0 Å². The molecule has 21 heavy (non-hydrogen) atoms. The molecule has 0 saturated carbocycles. The number of hydrogen-bond acceptors (Lipinski definition) is 3. The summed E-state index contributed by atoms with van der Waals surface area (Å²) in [6, 6.07) is 5.55. The van der Waals surface area contributed by atoms with Gasteiger partial charge in [-0.05, 0) is 57.5 Å². The van der Waals surface area contributed by atoms with Crippen molar-refractivity contribution in [3.05, 3.63) is 29.8 Å². The summed E-state index contributed by atoms with van der Waals surface area (Å²) in [6.45, 7) is 6.00. The number of hydrogen-bond donors (Lipinski definition) is 1. The van der Waals surface area contributed by atoms with E-state index >= 15 is 0 Å². The van der Waals surface area contributed by atoms with Crippen LogP contribution < -0.4 is 10.5 Å².